The highest BCUT2D eigenvalue weighted by molar-refractivity contribution is 6.05. The van der Waals surface area contributed by atoms with Crippen LogP contribution in [-0.4, -0.2) is 50.6 Å². The van der Waals surface area contributed by atoms with Crippen molar-refractivity contribution < 1.29 is 46.9 Å². The van der Waals surface area contributed by atoms with Gasteiger partial charge in [0.1, 0.15) is 12.4 Å². The molecule has 0 saturated heterocycles. The van der Waals surface area contributed by atoms with Crippen molar-refractivity contribution in [1.29, 1.82) is 0 Å². The number of rotatable bonds is 4. The summed E-state index contributed by atoms with van der Waals surface area (Å²) in [6, 6.07) is 2.51. The van der Waals surface area contributed by atoms with E-state index in [9.17, 15) is 32.7 Å². The molecule has 0 radical (unpaired) electrons. The van der Waals surface area contributed by atoms with Gasteiger partial charge in [-0.3, -0.25) is 0 Å². The van der Waals surface area contributed by atoms with E-state index in [1.54, 1.807) is 0 Å². The van der Waals surface area contributed by atoms with Crippen LogP contribution in [0.2, 0.25) is 0 Å². The van der Waals surface area contributed by atoms with Gasteiger partial charge < -0.3 is 24.2 Å². The van der Waals surface area contributed by atoms with Crippen LogP contribution in [0.3, 0.4) is 0 Å². The van der Waals surface area contributed by atoms with Gasteiger partial charge in [0.2, 0.25) is 0 Å². The number of methoxy groups -OCH3 is 2. The van der Waals surface area contributed by atoms with Gasteiger partial charge in [-0.1, -0.05) is 6.07 Å². The molecule has 1 N–H and O–H groups in total. The smallest absolute Gasteiger partial charge is 0.418 e. The summed E-state index contributed by atoms with van der Waals surface area (Å²) in [6.45, 7) is -1.04. The second-order valence-electron chi connectivity index (χ2n) is 5.22. The minimum Gasteiger partial charge on any atom is -0.478 e. The molecule has 0 aromatic heterocycles. The van der Waals surface area contributed by atoms with E-state index >= 15 is 0 Å². The van der Waals surface area contributed by atoms with E-state index in [-0.39, 0.29) is 0 Å². The van der Waals surface area contributed by atoms with Gasteiger partial charge in [-0.2, -0.15) is 13.2 Å². The Balaban J connectivity index is 2.84. The number of alkyl halides is 3. The molecular weight excluding hydrogens is 375 g/mol. The fourth-order valence-corrected chi connectivity index (χ4v) is 2.56. The number of aromatic carboxylic acids is 1. The maximum absolute atomic E-state index is 13.5. The second kappa shape index (κ2) is 7.66. The molecule has 1 aromatic carbocycles. The Labute approximate surface area is 150 Å². The van der Waals surface area contributed by atoms with Crippen LogP contribution in [0, 0.1) is 0 Å². The molecule has 0 saturated carbocycles. The fraction of sp³-hybridized carbons (Fsp3) is 0.312. The van der Waals surface area contributed by atoms with Gasteiger partial charge in [-0.15, -0.1) is 0 Å². The Morgan fingerprint density at radius 3 is 2.30 bits per heavy atom. The van der Waals surface area contributed by atoms with Crippen molar-refractivity contribution in [2.75, 3.05) is 32.5 Å². The summed E-state index contributed by atoms with van der Waals surface area (Å²) in [4.78, 5) is 36.3. The number of anilines is 1. The summed E-state index contributed by atoms with van der Waals surface area (Å²) in [5.74, 6) is -3.83. The number of carboxylic acid groups (broad SMARTS) is 1. The molecular formula is C16H14F3NO7. The molecule has 0 spiro atoms. The minimum atomic E-state index is -4.94. The zero-order chi connectivity index (χ0) is 20.4. The van der Waals surface area contributed by atoms with Gasteiger partial charge in [0.25, 0.3) is 0 Å². The molecule has 146 valence electrons. The lowest BCUT2D eigenvalue weighted by molar-refractivity contribution is -0.141. The molecule has 0 aliphatic carbocycles. The first-order chi connectivity index (χ1) is 12.6. The molecule has 0 bridgehead atoms. The van der Waals surface area contributed by atoms with E-state index in [2.05, 4.69) is 9.47 Å². The molecule has 0 unspecified atom stereocenters. The minimum absolute atomic E-state index is 0.399. The molecule has 1 aliphatic heterocycles. The summed E-state index contributed by atoms with van der Waals surface area (Å²) in [5, 5.41) is 9.33. The van der Waals surface area contributed by atoms with E-state index in [1.807, 2.05) is 0 Å². The average Bonchev–Trinajstić information content (AvgIpc) is 2.64. The Morgan fingerprint density at radius 2 is 1.78 bits per heavy atom. The van der Waals surface area contributed by atoms with Crippen LogP contribution in [0.4, 0.5) is 18.9 Å². The van der Waals surface area contributed by atoms with Crippen molar-refractivity contribution in [3.8, 4) is 0 Å². The highest BCUT2D eigenvalue weighted by atomic mass is 19.4. The van der Waals surface area contributed by atoms with E-state index in [4.69, 9.17) is 4.74 Å². The normalized spacial score (nSPS) is 14.8. The SMILES string of the molecule is COC(=O)C1=C(C(=O)OC)N(c2c(C(=O)O)cccc2C(F)(F)F)COC1. The summed E-state index contributed by atoms with van der Waals surface area (Å²) < 4.78 is 54.7. The van der Waals surface area contributed by atoms with Crippen molar-refractivity contribution in [1.82, 2.24) is 0 Å². The third-order valence-electron chi connectivity index (χ3n) is 3.67. The number of nitrogens with zero attached hydrogens (tertiary/aromatic N) is 1. The predicted octanol–water partition coefficient (Wildman–Crippen LogP) is 1.80. The number of carbonyl (C=O) groups excluding carboxylic acids is 2. The molecule has 0 atom stereocenters. The number of halogens is 3. The highest BCUT2D eigenvalue weighted by Gasteiger charge is 2.41. The zero-order valence-corrected chi connectivity index (χ0v) is 14.1. The van der Waals surface area contributed by atoms with Gasteiger partial charge in [0.15, 0.2) is 0 Å². The van der Waals surface area contributed by atoms with Gasteiger partial charge >= 0.3 is 24.1 Å². The van der Waals surface area contributed by atoms with Crippen LogP contribution in [-0.2, 0) is 30.0 Å². The standard InChI is InChI=1S/C16H14F3NO7/c1-25-14(23)9-6-27-7-20(12(9)15(24)26-2)11-8(13(21)22)4-3-5-10(11)16(17,18)19/h3-5H,6-7H2,1-2H3,(H,21,22). The van der Waals surface area contributed by atoms with Crippen molar-refractivity contribution in [2.45, 2.75) is 6.18 Å². The molecule has 8 nitrogen and oxygen atoms in total. The lowest BCUT2D eigenvalue weighted by atomic mass is 10.0. The first kappa shape index (κ1) is 20.2. The number of benzene rings is 1. The number of carboxylic acids is 1. The topological polar surface area (TPSA) is 102 Å². The third kappa shape index (κ3) is 3.87. The number of esters is 2. The molecule has 1 heterocycles. The average molecular weight is 389 g/mol. The first-order valence-corrected chi connectivity index (χ1v) is 7.32. The Bertz CT molecular complexity index is 817. The van der Waals surface area contributed by atoms with Crippen LogP contribution in [0.1, 0.15) is 15.9 Å². The maximum atomic E-state index is 13.5. The molecule has 0 fully saturated rings. The van der Waals surface area contributed by atoms with Gasteiger partial charge in [0.05, 0.1) is 43.2 Å². The van der Waals surface area contributed by atoms with E-state index in [1.165, 1.54) is 0 Å². The molecule has 11 heteroatoms. The predicted molar refractivity (Wildman–Crippen MR) is 82.8 cm³/mol. The third-order valence-corrected chi connectivity index (χ3v) is 3.67. The van der Waals surface area contributed by atoms with Crippen LogP contribution in [0.5, 0.6) is 0 Å². The van der Waals surface area contributed by atoms with Gasteiger partial charge in [-0.25, -0.2) is 14.4 Å². The quantitative estimate of drug-likeness (QED) is 0.778. The van der Waals surface area contributed by atoms with E-state index in [0.717, 1.165) is 26.4 Å². The van der Waals surface area contributed by atoms with E-state index < -0.39 is 65.5 Å². The van der Waals surface area contributed by atoms with Gasteiger partial charge in [-0.05, 0) is 12.1 Å². The lowest BCUT2D eigenvalue weighted by Gasteiger charge is -2.33. The molecule has 2 rings (SSSR count). The zero-order valence-electron chi connectivity index (χ0n) is 14.1. The lowest BCUT2D eigenvalue weighted by Crippen LogP contribution is -2.40. The number of hydrogen-bond donors (Lipinski definition) is 1. The van der Waals surface area contributed by atoms with Crippen LogP contribution >= 0.6 is 0 Å². The first-order valence-electron chi connectivity index (χ1n) is 7.32. The number of hydrogen-bond acceptors (Lipinski definition) is 7. The summed E-state index contributed by atoms with van der Waals surface area (Å²) >= 11 is 0. The van der Waals surface area contributed by atoms with Gasteiger partial charge in [0, 0.05) is 0 Å². The summed E-state index contributed by atoms with van der Waals surface area (Å²) in [6.07, 6.45) is -4.94. The highest BCUT2D eigenvalue weighted by Crippen LogP contribution is 2.41. The van der Waals surface area contributed by atoms with Crippen molar-refractivity contribution in [2.24, 2.45) is 0 Å². The van der Waals surface area contributed by atoms with Crippen molar-refractivity contribution in [3.63, 3.8) is 0 Å². The fourth-order valence-electron chi connectivity index (χ4n) is 2.56. The molecule has 1 aromatic rings. The van der Waals surface area contributed by atoms with Crippen molar-refractivity contribution in [3.05, 3.63) is 40.6 Å². The number of ether oxygens (including phenoxy) is 3. The van der Waals surface area contributed by atoms with Crippen LogP contribution in [0.25, 0.3) is 0 Å². The number of para-hydroxylation sites is 1. The monoisotopic (exact) mass is 389 g/mol. The maximum Gasteiger partial charge on any atom is 0.418 e. The van der Waals surface area contributed by atoms with Crippen LogP contribution < -0.4 is 4.90 Å². The van der Waals surface area contributed by atoms with Crippen molar-refractivity contribution >= 4 is 23.6 Å². The van der Waals surface area contributed by atoms with E-state index in [0.29, 0.717) is 11.0 Å². The Kier molecular flexibility index (Phi) is 5.74. The Morgan fingerprint density at radius 1 is 1.15 bits per heavy atom. The largest absolute Gasteiger partial charge is 0.478 e. The summed E-state index contributed by atoms with van der Waals surface area (Å²) in [5.41, 5.74) is -3.89. The molecule has 0 amide bonds. The second-order valence-corrected chi connectivity index (χ2v) is 5.22. The molecule has 1 aliphatic rings. The molecule has 27 heavy (non-hydrogen) atoms. The Hall–Kier alpha value is -3.08. The summed E-state index contributed by atoms with van der Waals surface area (Å²) in [7, 11) is 1.97. The number of carbonyl (C=O) groups is 3. The van der Waals surface area contributed by atoms with Crippen LogP contribution in [0.15, 0.2) is 29.5 Å².